The van der Waals surface area contributed by atoms with Crippen LogP contribution >= 0.6 is 7.82 Å². The van der Waals surface area contributed by atoms with Crippen molar-refractivity contribution < 1.29 is 19.2 Å². The molecule has 6 N–H and O–H groups in total. The van der Waals surface area contributed by atoms with Crippen LogP contribution in [0, 0.1) is 0 Å². The average Bonchev–Trinajstić information content (AvgIpc) is 0.722. The van der Waals surface area contributed by atoms with Crippen molar-refractivity contribution >= 4 is 25.2 Å². The fourth-order valence-electron chi connectivity index (χ4n) is 0. The smallest absolute Gasteiger partial charge is 0.344 e. The summed E-state index contributed by atoms with van der Waals surface area (Å²) in [7, 11) is -4.64. The number of phosphoric acid groups is 1. The second kappa shape index (κ2) is 4.75. The fourth-order valence-corrected chi connectivity index (χ4v) is 0. The van der Waals surface area contributed by atoms with E-state index in [2.05, 4.69) is 0 Å². The highest BCUT2D eigenvalue weighted by molar-refractivity contribution is 7.45. The van der Waals surface area contributed by atoms with E-state index in [9.17, 15) is 0 Å². The van der Waals surface area contributed by atoms with E-state index in [1.165, 1.54) is 0 Å². The molecule has 0 aromatic rings. The lowest BCUT2D eigenvalue weighted by Gasteiger charge is -1.82. The van der Waals surface area contributed by atoms with Crippen molar-refractivity contribution in [3.8, 4) is 0 Å². The highest BCUT2D eigenvalue weighted by Gasteiger charge is 2.00. The van der Waals surface area contributed by atoms with E-state index in [1.807, 2.05) is 0 Å². The van der Waals surface area contributed by atoms with Gasteiger partial charge in [0, 0.05) is 0 Å². The van der Waals surface area contributed by atoms with Gasteiger partial charge >= 0.3 is 7.82 Å². The summed E-state index contributed by atoms with van der Waals surface area (Å²) in [6, 6.07) is 0. The van der Waals surface area contributed by atoms with Gasteiger partial charge in [0.2, 0.25) is 0 Å². The molecule has 0 aliphatic heterocycles. The first-order valence-electron chi connectivity index (χ1n) is 0.783. The van der Waals surface area contributed by atoms with E-state index >= 15 is 0 Å². The standard InChI is InChI=1S/Al.H3N.H3O4P.3H/c;;1-5(2,3)4;;;/h;1H3;(H3,1,2,3,4);;;. The molecule has 0 aromatic carbocycles. The third kappa shape index (κ3) is 385. The van der Waals surface area contributed by atoms with Gasteiger partial charge < -0.3 is 20.8 Å². The maximum Gasteiger partial charge on any atom is 0.466 e. The molecule has 0 saturated heterocycles. The van der Waals surface area contributed by atoms with Crippen LogP contribution in [-0.4, -0.2) is 32.0 Å². The fraction of sp³-hybridized carbons (Fsp3) is 0. The van der Waals surface area contributed by atoms with Gasteiger partial charge in [-0.25, -0.2) is 4.57 Å². The molecule has 0 amide bonds. The summed E-state index contributed by atoms with van der Waals surface area (Å²) in [6.07, 6.45) is 0. The van der Waals surface area contributed by atoms with E-state index in [1.54, 1.807) is 0 Å². The van der Waals surface area contributed by atoms with Gasteiger partial charge in [0.15, 0.2) is 17.4 Å². The van der Waals surface area contributed by atoms with Gasteiger partial charge in [-0.2, -0.15) is 0 Å². The Morgan fingerprint density at radius 3 is 1.14 bits per heavy atom. The van der Waals surface area contributed by atoms with Gasteiger partial charge in [-0.3, -0.25) is 0 Å². The Bertz CT molecular complexity index is 57.8. The van der Waals surface area contributed by atoms with Crippen molar-refractivity contribution in [2.75, 3.05) is 0 Å². The minimum Gasteiger partial charge on any atom is -0.344 e. The van der Waals surface area contributed by atoms with Crippen LogP contribution in [0.5, 0.6) is 0 Å². The molecule has 0 rings (SSSR count). The zero-order valence-electron chi connectivity index (χ0n) is 2.90. The van der Waals surface area contributed by atoms with Crippen molar-refractivity contribution in [1.29, 1.82) is 0 Å². The van der Waals surface area contributed by atoms with Crippen LogP contribution in [0.4, 0.5) is 0 Å². The molecule has 0 atom stereocenters. The largest absolute Gasteiger partial charge is 0.466 e. The quantitative estimate of drug-likeness (QED) is 0.233. The Balaban J connectivity index is -0.0000000800. The second-order valence-corrected chi connectivity index (χ2v) is 1.54. The lowest BCUT2D eigenvalue weighted by atomic mass is 14.0. The van der Waals surface area contributed by atoms with Gasteiger partial charge in [-0.1, -0.05) is 0 Å². The van der Waals surface area contributed by atoms with E-state index in [4.69, 9.17) is 19.2 Å². The van der Waals surface area contributed by atoms with Crippen LogP contribution in [-0.2, 0) is 4.57 Å². The van der Waals surface area contributed by atoms with Crippen LogP contribution in [0.15, 0.2) is 0 Å². The topological polar surface area (TPSA) is 113 Å². The molecule has 0 radical (unpaired) electrons. The SMILES string of the molecule is N.O=P(O)(O)O.[AlH3]. The molecule has 46 valence electrons. The van der Waals surface area contributed by atoms with E-state index in [0.717, 1.165) is 0 Å². The molecule has 7 heavy (non-hydrogen) atoms. The van der Waals surface area contributed by atoms with Crippen LogP contribution in [0.3, 0.4) is 0 Å². The summed E-state index contributed by atoms with van der Waals surface area (Å²) in [6.45, 7) is 0. The highest BCUT2D eigenvalue weighted by Crippen LogP contribution is 2.25. The summed E-state index contributed by atoms with van der Waals surface area (Å²) >= 11 is 0. The first-order chi connectivity index (χ1) is 2.00. The van der Waals surface area contributed by atoms with Gasteiger partial charge in [0.05, 0.1) is 0 Å². The molecule has 0 aliphatic rings. The van der Waals surface area contributed by atoms with Crippen LogP contribution in [0.1, 0.15) is 0 Å². The summed E-state index contributed by atoms with van der Waals surface area (Å²) in [4.78, 5) is 21.6. The van der Waals surface area contributed by atoms with Crippen molar-refractivity contribution in [1.82, 2.24) is 6.15 Å². The van der Waals surface area contributed by atoms with Crippen molar-refractivity contribution in [2.45, 2.75) is 0 Å². The van der Waals surface area contributed by atoms with Gasteiger partial charge in [0.1, 0.15) is 0 Å². The first-order valence-corrected chi connectivity index (χ1v) is 2.35. The Labute approximate surface area is 51.3 Å². The Hall–Kier alpha value is 0.602. The molecule has 0 aromatic heterocycles. The predicted octanol–water partition coefficient (Wildman–Crippen LogP) is -1.95. The molecular formula is H9AlNO4P. The van der Waals surface area contributed by atoms with Gasteiger partial charge in [-0.05, 0) is 0 Å². The zero-order chi connectivity index (χ0) is 4.50. The number of hydrogen-bond donors (Lipinski definition) is 4. The van der Waals surface area contributed by atoms with Crippen LogP contribution in [0.25, 0.3) is 0 Å². The van der Waals surface area contributed by atoms with Crippen molar-refractivity contribution in [2.24, 2.45) is 0 Å². The molecule has 0 unspecified atom stereocenters. The third-order valence-corrected chi connectivity index (χ3v) is 0. The summed E-state index contributed by atoms with van der Waals surface area (Å²) in [5, 5.41) is 0. The van der Waals surface area contributed by atoms with Crippen LogP contribution in [0.2, 0.25) is 0 Å². The molecule has 0 heterocycles. The predicted molar refractivity (Wildman–Crippen MR) is 29.2 cm³/mol. The molecule has 0 spiro atoms. The highest BCUT2D eigenvalue weighted by atomic mass is 31.2. The van der Waals surface area contributed by atoms with Gasteiger partial charge in [0.25, 0.3) is 0 Å². The second-order valence-electron chi connectivity index (χ2n) is 0.513. The van der Waals surface area contributed by atoms with E-state index in [-0.39, 0.29) is 23.5 Å². The normalized spacial score (nSPS) is 8.43. The van der Waals surface area contributed by atoms with Crippen LogP contribution < -0.4 is 6.15 Å². The maximum absolute atomic E-state index is 8.88. The van der Waals surface area contributed by atoms with E-state index < -0.39 is 7.82 Å². The zero-order valence-corrected chi connectivity index (χ0v) is 3.80. The Kier molecular flexibility index (Phi) is 10.6. The molecule has 5 nitrogen and oxygen atoms in total. The summed E-state index contributed by atoms with van der Waals surface area (Å²) < 4.78 is 8.88. The van der Waals surface area contributed by atoms with Gasteiger partial charge in [-0.15, -0.1) is 0 Å². The monoisotopic (exact) mass is 145 g/mol. The number of hydrogen-bond acceptors (Lipinski definition) is 2. The minimum atomic E-state index is -4.64. The Morgan fingerprint density at radius 1 is 1.14 bits per heavy atom. The Morgan fingerprint density at radius 2 is 1.14 bits per heavy atom. The minimum absolute atomic E-state index is 0. The molecular weight excluding hydrogens is 136 g/mol. The number of rotatable bonds is 0. The van der Waals surface area contributed by atoms with Crippen molar-refractivity contribution in [3.05, 3.63) is 0 Å². The summed E-state index contributed by atoms with van der Waals surface area (Å²) in [5.41, 5.74) is 0. The van der Waals surface area contributed by atoms with E-state index in [0.29, 0.717) is 0 Å². The third-order valence-electron chi connectivity index (χ3n) is 0. The first kappa shape index (κ1) is 15.6. The summed E-state index contributed by atoms with van der Waals surface area (Å²) in [5.74, 6) is 0. The average molecular weight is 145 g/mol. The molecule has 0 bridgehead atoms. The van der Waals surface area contributed by atoms with Crippen molar-refractivity contribution in [3.63, 3.8) is 0 Å². The lowest BCUT2D eigenvalue weighted by Crippen LogP contribution is -1.66. The molecule has 0 fully saturated rings. The maximum atomic E-state index is 8.88. The molecule has 0 aliphatic carbocycles. The molecule has 0 saturated carbocycles. The lowest BCUT2D eigenvalue weighted by molar-refractivity contribution is 0.275. The molecule has 7 heteroatoms.